The van der Waals surface area contributed by atoms with Gasteiger partial charge in [-0.05, 0) is 63.8 Å². The Kier molecular flexibility index (Phi) is 5.12. The maximum absolute atomic E-state index is 9.34. The Morgan fingerprint density at radius 3 is 2.80 bits per heavy atom. The molecule has 0 bridgehead atoms. The second-order valence-corrected chi connectivity index (χ2v) is 7.22. The molecule has 0 aromatic heterocycles. The second kappa shape index (κ2) is 6.65. The monoisotopic (exact) mass is 288 g/mol. The van der Waals surface area contributed by atoms with Crippen LogP contribution in [0.3, 0.4) is 0 Å². The van der Waals surface area contributed by atoms with Crippen LogP contribution in [0.4, 0.5) is 0 Å². The number of thioether (sulfide) groups is 1. The zero-order valence-corrected chi connectivity index (χ0v) is 13.5. The van der Waals surface area contributed by atoms with E-state index in [-0.39, 0.29) is 5.54 Å². The summed E-state index contributed by atoms with van der Waals surface area (Å²) < 4.78 is 0. The lowest BCUT2D eigenvalue weighted by molar-refractivity contribution is 0.412. The van der Waals surface area contributed by atoms with Crippen LogP contribution in [0.15, 0.2) is 23.1 Å². The third-order valence-electron chi connectivity index (χ3n) is 3.77. The van der Waals surface area contributed by atoms with Crippen molar-refractivity contribution >= 4 is 11.8 Å². The maximum Gasteiger partial charge on any atom is 0.104 e. The van der Waals surface area contributed by atoms with Gasteiger partial charge in [-0.2, -0.15) is 5.26 Å². The number of benzene rings is 1. The van der Waals surface area contributed by atoms with Gasteiger partial charge >= 0.3 is 0 Å². The van der Waals surface area contributed by atoms with Gasteiger partial charge in [0.1, 0.15) is 5.54 Å². The summed E-state index contributed by atoms with van der Waals surface area (Å²) in [5, 5.41) is 12.8. The average Bonchev–Trinajstić information content (AvgIpc) is 3.22. The highest BCUT2D eigenvalue weighted by Gasteiger charge is 2.31. The zero-order chi connectivity index (χ0) is 14.6. The summed E-state index contributed by atoms with van der Waals surface area (Å²) in [4.78, 5) is 1.37. The van der Waals surface area contributed by atoms with Crippen molar-refractivity contribution in [2.45, 2.75) is 62.9 Å². The largest absolute Gasteiger partial charge is 0.297 e. The lowest BCUT2D eigenvalue weighted by atomic mass is 9.98. The summed E-state index contributed by atoms with van der Waals surface area (Å²) in [5.74, 6) is 1.08. The van der Waals surface area contributed by atoms with Crippen molar-refractivity contribution in [2.24, 2.45) is 0 Å². The van der Waals surface area contributed by atoms with Crippen molar-refractivity contribution in [3.8, 4) is 6.07 Å². The first kappa shape index (κ1) is 15.4. The van der Waals surface area contributed by atoms with E-state index in [4.69, 9.17) is 0 Å². The Balaban J connectivity index is 1.77. The number of aryl methyl sites for hydroxylation is 2. The molecular formula is C17H24N2S. The van der Waals surface area contributed by atoms with E-state index in [1.54, 1.807) is 0 Å². The first-order valence-electron chi connectivity index (χ1n) is 7.41. The van der Waals surface area contributed by atoms with Crippen molar-refractivity contribution in [3.05, 3.63) is 29.3 Å². The molecule has 0 aliphatic heterocycles. The summed E-state index contributed by atoms with van der Waals surface area (Å²) >= 11 is 1.91. The minimum absolute atomic E-state index is 0.344. The first-order chi connectivity index (χ1) is 9.52. The molecule has 1 atom stereocenters. The summed E-state index contributed by atoms with van der Waals surface area (Å²) in [6.45, 7) is 6.33. The molecule has 2 rings (SSSR count). The molecule has 0 amide bonds. The van der Waals surface area contributed by atoms with Crippen LogP contribution in [-0.2, 0) is 0 Å². The van der Waals surface area contributed by atoms with Gasteiger partial charge in [-0.3, -0.25) is 5.32 Å². The van der Waals surface area contributed by atoms with E-state index in [0.717, 1.165) is 18.6 Å². The first-order valence-corrected chi connectivity index (χ1v) is 8.40. The van der Waals surface area contributed by atoms with Gasteiger partial charge in [0.05, 0.1) is 6.07 Å². The van der Waals surface area contributed by atoms with Crippen molar-refractivity contribution < 1.29 is 0 Å². The quantitative estimate of drug-likeness (QED) is 0.603. The molecule has 20 heavy (non-hydrogen) atoms. The molecule has 0 spiro atoms. The molecule has 0 radical (unpaired) electrons. The molecule has 0 heterocycles. The van der Waals surface area contributed by atoms with E-state index in [1.807, 2.05) is 18.7 Å². The van der Waals surface area contributed by atoms with Crippen LogP contribution in [0.1, 0.15) is 43.7 Å². The van der Waals surface area contributed by atoms with Gasteiger partial charge in [-0.1, -0.05) is 17.7 Å². The van der Waals surface area contributed by atoms with Crippen LogP contribution in [0.2, 0.25) is 0 Å². The molecule has 1 aliphatic rings. The fourth-order valence-electron chi connectivity index (χ4n) is 2.31. The van der Waals surface area contributed by atoms with Gasteiger partial charge in [0, 0.05) is 10.9 Å². The molecule has 3 heteroatoms. The lowest BCUT2D eigenvalue weighted by Gasteiger charge is -2.23. The third-order valence-corrected chi connectivity index (χ3v) is 5.01. The van der Waals surface area contributed by atoms with E-state index in [0.29, 0.717) is 6.04 Å². The van der Waals surface area contributed by atoms with E-state index >= 15 is 0 Å². The molecule has 1 saturated carbocycles. The van der Waals surface area contributed by atoms with Crippen molar-refractivity contribution in [2.75, 3.05) is 5.75 Å². The van der Waals surface area contributed by atoms with Crippen LogP contribution in [-0.4, -0.2) is 17.3 Å². The molecule has 108 valence electrons. The number of nitriles is 1. The van der Waals surface area contributed by atoms with Crippen LogP contribution in [0.5, 0.6) is 0 Å². The highest BCUT2D eigenvalue weighted by atomic mass is 32.2. The average molecular weight is 288 g/mol. The Hall–Kier alpha value is -0.980. The SMILES string of the molecule is Cc1ccc(C)c(SCCCC(C)(C#N)NC2CC2)c1. The van der Waals surface area contributed by atoms with Gasteiger partial charge in [-0.25, -0.2) is 0 Å². The van der Waals surface area contributed by atoms with Crippen molar-refractivity contribution in [1.82, 2.24) is 5.32 Å². The van der Waals surface area contributed by atoms with Gasteiger partial charge in [0.15, 0.2) is 0 Å². The van der Waals surface area contributed by atoms with Gasteiger partial charge in [0.2, 0.25) is 0 Å². The maximum atomic E-state index is 9.34. The standard InChI is InChI=1S/C17H24N2S/c1-13-5-6-14(2)16(11-13)20-10-4-9-17(3,12-18)19-15-7-8-15/h5-6,11,15,19H,4,7-10H2,1-3H3. The minimum atomic E-state index is -0.344. The second-order valence-electron chi connectivity index (χ2n) is 6.08. The highest BCUT2D eigenvalue weighted by Crippen LogP contribution is 2.27. The topological polar surface area (TPSA) is 35.8 Å². The molecular weight excluding hydrogens is 264 g/mol. The molecule has 1 aromatic rings. The molecule has 2 nitrogen and oxygen atoms in total. The molecule has 1 unspecified atom stereocenters. The summed E-state index contributed by atoms with van der Waals surface area (Å²) in [6.07, 6.45) is 4.46. The predicted octanol–water partition coefficient (Wildman–Crippen LogP) is 4.21. The fraction of sp³-hybridized carbons (Fsp3) is 0.588. The Morgan fingerprint density at radius 2 is 2.15 bits per heavy atom. The Labute approximate surface area is 127 Å². The molecule has 1 fully saturated rings. The van der Waals surface area contributed by atoms with Gasteiger partial charge < -0.3 is 0 Å². The van der Waals surface area contributed by atoms with E-state index < -0.39 is 0 Å². The van der Waals surface area contributed by atoms with Gasteiger partial charge in [-0.15, -0.1) is 11.8 Å². The summed E-state index contributed by atoms with van der Waals surface area (Å²) in [7, 11) is 0. The fourth-order valence-corrected chi connectivity index (χ4v) is 3.38. The van der Waals surface area contributed by atoms with Crippen LogP contribution in [0, 0.1) is 25.2 Å². The Morgan fingerprint density at radius 1 is 1.40 bits per heavy atom. The van der Waals surface area contributed by atoms with Crippen LogP contribution < -0.4 is 5.32 Å². The third kappa shape index (κ3) is 4.54. The molecule has 1 aromatic carbocycles. The highest BCUT2D eigenvalue weighted by molar-refractivity contribution is 7.99. The zero-order valence-electron chi connectivity index (χ0n) is 12.7. The molecule has 1 N–H and O–H groups in total. The predicted molar refractivity (Wildman–Crippen MR) is 86.0 cm³/mol. The number of nitrogens with zero attached hydrogens (tertiary/aromatic N) is 1. The number of hydrogen-bond donors (Lipinski definition) is 1. The molecule has 1 aliphatic carbocycles. The number of rotatable bonds is 7. The summed E-state index contributed by atoms with van der Waals surface area (Å²) in [5.41, 5.74) is 2.32. The smallest absolute Gasteiger partial charge is 0.104 e. The number of nitrogens with one attached hydrogen (secondary N) is 1. The van der Waals surface area contributed by atoms with Crippen LogP contribution in [0.25, 0.3) is 0 Å². The minimum Gasteiger partial charge on any atom is -0.297 e. The lowest BCUT2D eigenvalue weighted by Crippen LogP contribution is -2.42. The van der Waals surface area contributed by atoms with Crippen molar-refractivity contribution in [1.29, 1.82) is 5.26 Å². The van der Waals surface area contributed by atoms with Crippen LogP contribution >= 0.6 is 11.8 Å². The summed E-state index contributed by atoms with van der Waals surface area (Å²) in [6, 6.07) is 9.64. The molecule has 0 saturated heterocycles. The van der Waals surface area contributed by atoms with E-state index in [1.165, 1.54) is 28.9 Å². The Bertz CT molecular complexity index is 502. The number of hydrogen-bond acceptors (Lipinski definition) is 3. The van der Waals surface area contributed by atoms with E-state index in [9.17, 15) is 5.26 Å². The van der Waals surface area contributed by atoms with Crippen molar-refractivity contribution in [3.63, 3.8) is 0 Å². The normalized spacial score (nSPS) is 17.5. The van der Waals surface area contributed by atoms with E-state index in [2.05, 4.69) is 43.4 Å². The van der Waals surface area contributed by atoms with Gasteiger partial charge in [0.25, 0.3) is 0 Å².